The number of benzene rings is 1. The lowest BCUT2D eigenvalue weighted by molar-refractivity contribution is 0.00578. The Balaban J connectivity index is 1.58. The van der Waals surface area contributed by atoms with Crippen LogP contribution in [-0.2, 0) is 14.0 Å². The first-order chi connectivity index (χ1) is 13.9. The van der Waals surface area contributed by atoms with E-state index in [0.717, 1.165) is 23.8 Å². The molecule has 2 aliphatic heterocycles. The zero-order chi connectivity index (χ0) is 21.9. The van der Waals surface area contributed by atoms with Gasteiger partial charge in [0.15, 0.2) is 5.58 Å². The van der Waals surface area contributed by atoms with E-state index in [9.17, 15) is 4.79 Å². The molecule has 162 valence electrons. The lowest BCUT2D eigenvalue weighted by Gasteiger charge is -2.32. The lowest BCUT2D eigenvalue weighted by atomic mass is 9.79. The van der Waals surface area contributed by atoms with Crippen molar-refractivity contribution in [2.75, 3.05) is 6.54 Å². The summed E-state index contributed by atoms with van der Waals surface area (Å²) in [4.78, 5) is 19.0. The van der Waals surface area contributed by atoms with Crippen molar-refractivity contribution in [2.45, 2.75) is 84.2 Å². The van der Waals surface area contributed by atoms with Gasteiger partial charge >= 0.3 is 13.2 Å². The largest absolute Gasteiger partial charge is 0.494 e. The summed E-state index contributed by atoms with van der Waals surface area (Å²) in [6, 6.07) is 5.56. The van der Waals surface area contributed by atoms with Crippen LogP contribution in [0, 0.1) is 0 Å². The number of carbonyl (C=O) groups excluding carboxylic acids is 1. The lowest BCUT2D eigenvalue weighted by Crippen LogP contribution is -2.41. The highest BCUT2D eigenvalue weighted by Gasteiger charge is 2.51. The van der Waals surface area contributed by atoms with Gasteiger partial charge in [-0.05, 0) is 78.9 Å². The number of aromatic nitrogens is 1. The molecular weight excluding hydrogens is 383 g/mol. The van der Waals surface area contributed by atoms with Gasteiger partial charge in [0, 0.05) is 6.54 Å². The first-order valence-corrected chi connectivity index (χ1v) is 10.6. The van der Waals surface area contributed by atoms with Gasteiger partial charge in [-0.1, -0.05) is 6.07 Å². The Morgan fingerprint density at radius 2 is 1.87 bits per heavy atom. The van der Waals surface area contributed by atoms with Crippen LogP contribution in [0.15, 0.2) is 22.6 Å². The van der Waals surface area contributed by atoms with Gasteiger partial charge in [-0.2, -0.15) is 0 Å². The Hall–Kier alpha value is -2.06. The van der Waals surface area contributed by atoms with Crippen LogP contribution >= 0.6 is 0 Å². The van der Waals surface area contributed by atoms with Crippen molar-refractivity contribution in [1.29, 1.82) is 0 Å². The number of carbonyl (C=O) groups is 1. The minimum Gasteiger partial charge on any atom is -0.444 e. The maximum Gasteiger partial charge on any atom is 0.494 e. The summed E-state index contributed by atoms with van der Waals surface area (Å²) in [5.41, 5.74) is 0.966. The van der Waals surface area contributed by atoms with Gasteiger partial charge in [0.25, 0.3) is 0 Å². The topological polar surface area (TPSA) is 74.0 Å². The van der Waals surface area contributed by atoms with E-state index in [1.165, 1.54) is 0 Å². The molecule has 1 aromatic heterocycles. The predicted octanol–water partition coefficient (Wildman–Crippen LogP) is 4.20. The fourth-order valence-corrected chi connectivity index (χ4v) is 3.79. The van der Waals surface area contributed by atoms with Crippen LogP contribution in [0.5, 0.6) is 0 Å². The molecule has 0 unspecified atom stereocenters. The van der Waals surface area contributed by atoms with E-state index in [-0.39, 0.29) is 12.1 Å². The maximum absolute atomic E-state index is 12.6. The molecule has 1 aromatic carbocycles. The van der Waals surface area contributed by atoms with Crippen LogP contribution in [0.4, 0.5) is 4.79 Å². The van der Waals surface area contributed by atoms with Crippen LogP contribution in [0.25, 0.3) is 11.1 Å². The molecular formula is C22H31BN2O5. The van der Waals surface area contributed by atoms with Crippen LogP contribution in [0.2, 0.25) is 0 Å². The van der Waals surface area contributed by atoms with Crippen LogP contribution < -0.4 is 5.46 Å². The maximum atomic E-state index is 12.6. The molecule has 0 radical (unpaired) electrons. The first kappa shape index (κ1) is 21.2. The summed E-state index contributed by atoms with van der Waals surface area (Å²) in [7, 11) is -0.454. The number of oxazole rings is 1. The summed E-state index contributed by atoms with van der Waals surface area (Å²) in [6.45, 7) is 14.4. The van der Waals surface area contributed by atoms with Crippen molar-refractivity contribution in [3.05, 3.63) is 24.1 Å². The number of fused-ring (bicyclic) bond motifs is 1. The highest BCUT2D eigenvalue weighted by molar-refractivity contribution is 6.62. The second-order valence-corrected chi connectivity index (χ2v) is 10.2. The summed E-state index contributed by atoms with van der Waals surface area (Å²) in [5.74, 6) is 0.541. The SMILES string of the molecule is CC(C)(C)OC(=O)N1CCC[C@H]1c1nc2cc(B3OC(C)(C)C(C)(C)O3)ccc2o1. The van der Waals surface area contributed by atoms with Crippen molar-refractivity contribution in [3.8, 4) is 0 Å². The third kappa shape index (κ3) is 3.83. The number of amides is 1. The average molecular weight is 414 g/mol. The van der Waals surface area contributed by atoms with Gasteiger partial charge in [0.05, 0.1) is 11.2 Å². The fraction of sp³-hybridized carbons (Fsp3) is 0.636. The minimum absolute atomic E-state index is 0.215. The second kappa shape index (κ2) is 6.99. The number of hydrogen-bond donors (Lipinski definition) is 0. The van der Waals surface area contributed by atoms with E-state index in [1.807, 2.05) is 66.7 Å². The molecule has 0 N–H and O–H groups in total. The highest BCUT2D eigenvalue weighted by Crippen LogP contribution is 2.37. The van der Waals surface area contributed by atoms with Gasteiger partial charge in [0.1, 0.15) is 17.2 Å². The molecule has 1 atom stereocenters. The minimum atomic E-state index is -0.538. The Bertz CT molecular complexity index is 946. The van der Waals surface area contributed by atoms with Crippen molar-refractivity contribution in [1.82, 2.24) is 9.88 Å². The van der Waals surface area contributed by atoms with E-state index < -0.39 is 23.9 Å². The van der Waals surface area contributed by atoms with E-state index >= 15 is 0 Å². The molecule has 0 aliphatic carbocycles. The Labute approximate surface area is 178 Å². The van der Waals surface area contributed by atoms with Gasteiger partial charge in [0.2, 0.25) is 5.89 Å². The number of nitrogens with zero attached hydrogens (tertiary/aromatic N) is 2. The number of likely N-dealkylation sites (tertiary alicyclic amines) is 1. The molecule has 0 spiro atoms. The molecule has 2 saturated heterocycles. The zero-order valence-corrected chi connectivity index (χ0v) is 18.9. The molecule has 0 bridgehead atoms. The van der Waals surface area contributed by atoms with Crippen LogP contribution in [-0.4, -0.2) is 46.4 Å². The van der Waals surface area contributed by atoms with E-state index in [0.29, 0.717) is 18.0 Å². The predicted molar refractivity (Wildman–Crippen MR) is 115 cm³/mol. The van der Waals surface area contributed by atoms with Gasteiger partial charge in [-0.15, -0.1) is 0 Å². The molecule has 4 rings (SSSR count). The van der Waals surface area contributed by atoms with Crippen molar-refractivity contribution >= 4 is 29.8 Å². The normalized spacial score (nSPS) is 23.4. The summed E-state index contributed by atoms with van der Waals surface area (Å²) in [5, 5.41) is 0. The molecule has 7 nitrogen and oxygen atoms in total. The van der Waals surface area contributed by atoms with Gasteiger partial charge in [-0.3, -0.25) is 4.90 Å². The van der Waals surface area contributed by atoms with Crippen molar-refractivity contribution < 1.29 is 23.3 Å². The van der Waals surface area contributed by atoms with Crippen LogP contribution in [0.3, 0.4) is 0 Å². The molecule has 3 heterocycles. The van der Waals surface area contributed by atoms with E-state index in [2.05, 4.69) is 0 Å². The van der Waals surface area contributed by atoms with Gasteiger partial charge in [-0.25, -0.2) is 9.78 Å². The smallest absolute Gasteiger partial charge is 0.444 e. The number of rotatable bonds is 2. The summed E-state index contributed by atoms with van der Waals surface area (Å²) in [6.07, 6.45) is 1.36. The molecule has 8 heteroatoms. The summed E-state index contributed by atoms with van der Waals surface area (Å²) >= 11 is 0. The second-order valence-electron chi connectivity index (χ2n) is 10.2. The third-order valence-corrected chi connectivity index (χ3v) is 6.12. The zero-order valence-electron chi connectivity index (χ0n) is 18.9. The molecule has 0 saturated carbocycles. The fourth-order valence-electron chi connectivity index (χ4n) is 3.79. The van der Waals surface area contributed by atoms with Crippen molar-refractivity contribution in [3.63, 3.8) is 0 Å². The number of hydrogen-bond acceptors (Lipinski definition) is 6. The molecule has 1 amide bonds. The molecule has 30 heavy (non-hydrogen) atoms. The monoisotopic (exact) mass is 414 g/mol. The standard InChI is InChI=1S/C22H31BN2O5/c1-20(2,3)28-19(26)25-12-8-9-16(25)18-24-15-13-14(10-11-17(15)27-18)23-29-21(4,5)22(6,7)30-23/h10-11,13,16H,8-9,12H2,1-7H3/t16-/m0/s1. The molecule has 2 aliphatic rings. The highest BCUT2D eigenvalue weighted by atomic mass is 16.7. The van der Waals surface area contributed by atoms with Gasteiger partial charge < -0.3 is 18.5 Å². The Kier molecular flexibility index (Phi) is 4.94. The molecule has 2 fully saturated rings. The number of ether oxygens (including phenoxy) is 1. The third-order valence-electron chi connectivity index (χ3n) is 6.12. The summed E-state index contributed by atoms with van der Waals surface area (Å²) < 4.78 is 23.9. The van der Waals surface area contributed by atoms with Crippen molar-refractivity contribution in [2.24, 2.45) is 0 Å². The quantitative estimate of drug-likeness (QED) is 0.686. The Morgan fingerprint density at radius 1 is 1.20 bits per heavy atom. The molecule has 2 aromatic rings. The Morgan fingerprint density at radius 3 is 2.50 bits per heavy atom. The average Bonchev–Trinajstić information content (AvgIpc) is 3.28. The van der Waals surface area contributed by atoms with Crippen LogP contribution in [0.1, 0.15) is 73.2 Å². The van der Waals surface area contributed by atoms with E-state index in [4.69, 9.17) is 23.4 Å². The van der Waals surface area contributed by atoms with E-state index in [1.54, 1.807) is 4.90 Å². The first-order valence-electron chi connectivity index (χ1n) is 10.6.